The Labute approximate surface area is 139 Å². The van der Waals surface area contributed by atoms with E-state index in [4.69, 9.17) is 21.1 Å². The van der Waals surface area contributed by atoms with E-state index in [9.17, 15) is 9.59 Å². The first-order valence-corrected chi connectivity index (χ1v) is 7.23. The normalized spacial score (nSPS) is 10.0. The Balaban J connectivity index is 2.02. The van der Waals surface area contributed by atoms with Gasteiger partial charge in [0.2, 0.25) is 0 Å². The number of methoxy groups -OCH3 is 1. The molecule has 23 heavy (non-hydrogen) atoms. The van der Waals surface area contributed by atoms with Gasteiger partial charge in [0.25, 0.3) is 5.91 Å². The zero-order valence-corrected chi connectivity index (χ0v) is 13.5. The van der Waals surface area contributed by atoms with Crippen molar-refractivity contribution in [2.75, 3.05) is 19.0 Å². The molecule has 0 saturated carbocycles. The van der Waals surface area contributed by atoms with E-state index < -0.39 is 0 Å². The van der Waals surface area contributed by atoms with E-state index in [-0.39, 0.29) is 17.5 Å². The quantitative estimate of drug-likeness (QED) is 0.822. The Hall–Kier alpha value is -2.53. The first kappa shape index (κ1) is 16.8. The highest BCUT2D eigenvalue weighted by molar-refractivity contribution is 6.33. The Kier molecular flexibility index (Phi) is 5.60. The predicted molar refractivity (Wildman–Crippen MR) is 88.7 cm³/mol. The average molecular weight is 334 g/mol. The molecule has 1 N–H and O–H groups in total. The molecule has 120 valence electrons. The summed E-state index contributed by atoms with van der Waals surface area (Å²) in [5, 5.41) is 2.95. The molecule has 0 unspecified atom stereocenters. The second-order valence-corrected chi connectivity index (χ2v) is 5.25. The lowest BCUT2D eigenvalue weighted by Gasteiger charge is -2.12. The molecule has 2 aromatic rings. The lowest BCUT2D eigenvalue weighted by molar-refractivity contribution is -0.118. The van der Waals surface area contributed by atoms with Crippen LogP contribution in [0.15, 0.2) is 36.4 Å². The Morgan fingerprint density at radius 3 is 2.52 bits per heavy atom. The maximum absolute atomic E-state index is 11.9. The third kappa shape index (κ3) is 4.47. The number of hydrogen-bond acceptors (Lipinski definition) is 4. The summed E-state index contributed by atoms with van der Waals surface area (Å²) in [6, 6.07) is 10.3. The van der Waals surface area contributed by atoms with Gasteiger partial charge in [0, 0.05) is 17.3 Å². The van der Waals surface area contributed by atoms with Crippen molar-refractivity contribution in [2.45, 2.75) is 6.92 Å². The fourth-order valence-electron chi connectivity index (χ4n) is 1.89. The van der Waals surface area contributed by atoms with Crippen molar-refractivity contribution >= 4 is 29.5 Å². The van der Waals surface area contributed by atoms with Gasteiger partial charge in [-0.25, -0.2) is 0 Å². The van der Waals surface area contributed by atoms with Crippen LogP contribution in [0.1, 0.15) is 15.9 Å². The highest BCUT2D eigenvalue weighted by Gasteiger charge is 2.12. The number of halogens is 1. The molecule has 0 spiro atoms. The molecule has 1 amide bonds. The fraction of sp³-hybridized carbons (Fsp3) is 0.176. The van der Waals surface area contributed by atoms with E-state index in [1.807, 2.05) is 31.2 Å². The number of hydrogen-bond donors (Lipinski definition) is 1. The van der Waals surface area contributed by atoms with Crippen LogP contribution in [0.2, 0.25) is 5.02 Å². The topological polar surface area (TPSA) is 64.6 Å². The SMILES string of the molecule is COc1cc(C=O)c(Cl)cc1OCC(=O)Nc1ccc(C)cc1. The van der Waals surface area contributed by atoms with Crippen LogP contribution in [-0.4, -0.2) is 25.9 Å². The van der Waals surface area contributed by atoms with Gasteiger partial charge in [0.05, 0.1) is 12.1 Å². The minimum atomic E-state index is -0.313. The molecule has 2 rings (SSSR count). The molecule has 2 aromatic carbocycles. The van der Waals surface area contributed by atoms with Crippen molar-refractivity contribution in [1.82, 2.24) is 0 Å². The summed E-state index contributed by atoms with van der Waals surface area (Å²) in [7, 11) is 1.44. The zero-order chi connectivity index (χ0) is 16.8. The summed E-state index contributed by atoms with van der Waals surface area (Å²) in [4.78, 5) is 22.8. The largest absolute Gasteiger partial charge is 0.493 e. The number of amides is 1. The van der Waals surface area contributed by atoms with Gasteiger partial charge in [-0.15, -0.1) is 0 Å². The number of aryl methyl sites for hydroxylation is 1. The van der Waals surface area contributed by atoms with Crippen LogP contribution in [0.25, 0.3) is 0 Å². The number of benzene rings is 2. The molecule has 0 aromatic heterocycles. The van der Waals surface area contributed by atoms with Gasteiger partial charge in [-0.1, -0.05) is 29.3 Å². The van der Waals surface area contributed by atoms with E-state index in [2.05, 4.69) is 5.32 Å². The van der Waals surface area contributed by atoms with Crippen LogP contribution in [0, 0.1) is 6.92 Å². The van der Waals surface area contributed by atoms with Crippen LogP contribution in [0.4, 0.5) is 5.69 Å². The summed E-state index contributed by atoms with van der Waals surface area (Å²) in [6.45, 7) is 1.76. The smallest absolute Gasteiger partial charge is 0.262 e. The molecule has 0 aliphatic heterocycles. The number of carbonyl (C=O) groups excluding carboxylic acids is 2. The highest BCUT2D eigenvalue weighted by Crippen LogP contribution is 2.32. The molecular formula is C17H16ClNO4. The monoisotopic (exact) mass is 333 g/mol. The van der Waals surface area contributed by atoms with Gasteiger partial charge >= 0.3 is 0 Å². The number of anilines is 1. The first-order valence-electron chi connectivity index (χ1n) is 6.85. The van der Waals surface area contributed by atoms with E-state index in [1.165, 1.54) is 19.2 Å². The van der Waals surface area contributed by atoms with Crippen molar-refractivity contribution in [3.8, 4) is 11.5 Å². The molecule has 0 radical (unpaired) electrons. The summed E-state index contributed by atoms with van der Waals surface area (Å²) in [5.74, 6) is 0.313. The van der Waals surface area contributed by atoms with E-state index in [0.717, 1.165) is 5.56 Å². The summed E-state index contributed by atoms with van der Waals surface area (Å²) in [5.41, 5.74) is 2.08. The summed E-state index contributed by atoms with van der Waals surface area (Å²) < 4.78 is 10.6. The van der Waals surface area contributed by atoms with Crippen LogP contribution in [0.3, 0.4) is 0 Å². The third-order valence-corrected chi connectivity index (χ3v) is 3.43. The maximum atomic E-state index is 11.9. The summed E-state index contributed by atoms with van der Waals surface area (Å²) >= 11 is 5.95. The Bertz CT molecular complexity index is 713. The zero-order valence-electron chi connectivity index (χ0n) is 12.8. The molecule has 0 bridgehead atoms. The molecule has 5 nitrogen and oxygen atoms in total. The molecule has 0 heterocycles. The van der Waals surface area contributed by atoms with Crippen molar-refractivity contribution in [1.29, 1.82) is 0 Å². The number of ether oxygens (including phenoxy) is 2. The van der Waals surface area contributed by atoms with Gasteiger partial charge in [-0.05, 0) is 25.1 Å². The van der Waals surface area contributed by atoms with Crippen molar-refractivity contribution in [2.24, 2.45) is 0 Å². The standard InChI is InChI=1S/C17H16ClNO4/c1-11-3-5-13(6-4-11)19-17(21)10-23-16-8-14(18)12(9-20)7-15(16)22-2/h3-9H,10H2,1-2H3,(H,19,21). The molecule has 0 aliphatic carbocycles. The molecule has 0 saturated heterocycles. The number of carbonyl (C=O) groups is 2. The molecule has 0 fully saturated rings. The van der Waals surface area contributed by atoms with Gasteiger partial charge in [-0.3, -0.25) is 9.59 Å². The van der Waals surface area contributed by atoms with Gasteiger partial charge in [-0.2, -0.15) is 0 Å². The van der Waals surface area contributed by atoms with Crippen LogP contribution in [0.5, 0.6) is 11.5 Å². The van der Waals surface area contributed by atoms with Crippen LogP contribution < -0.4 is 14.8 Å². The minimum Gasteiger partial charge on any atom is -0.493 e. The first-order chi connectivity index (χ1) is 11.0. The lowest BCUT2D eigenvalue weighted by atomic mass is 10.2. The van der Waals surface area contributed by atoms with Crippen molar-refractivity contribution < 1.29 is 19.1 Å². The predicted octanol–water partition coefficient (Wildman–Crippen LogP) is 3.49. The molecule has 0 atom stereocenters. The van der Waals surface area contributed by atoms with E-state index in [1.54, 1.807) is 0 Å². The Morgan fingerprint density at radius 1 is 1.22 bits per heavy atom. The van der Waals surface area contributed by atoms with Gasteiger partial charge < -0.3 is 14.8 Å². The second-order valence-electron chi connectivity index (χ2n) is 4.85. The van der Waals surface area contributed by atoms with Gasteiger partial charge in [0.1, 0.15) is 0 Å². The maximum Gasteiger partial charge on any atom is 0.262 e. The average Bonchev–Trinajstić information content (AvgIpc) is 2.55. The van der Waals surface area contributed by atoms with E-state index >= 15 is 0 Å². The molecule has 0 aliphatic rings. The highest BCUT2D eigenvalue weighted by atomic mass is 35.5. The van der Waals surface area contributed by atoms with Gasteiger partial charge in [0.15, 0.2) is 24.4 Å². The Morgan fingerprint density at radius 2 is 1.91 bits per heavy atom. The fourth-order valence-corrected chi connectivity index (χ4v) is 2.09. The lowest BCUT2D eigenvalue weighted by Crippen LogP contribution is -2.20. The minimum absolute atomic E-state index is 0.207. The second kappa shape index (κ2) is 7.65. The number of rotatable bonds is 6. The van der Waals surface area contributed by atoms with Crippen molar-refractivity contribution in [3.05, 3.63) is 52.5 Å². The van der Waals surface area contributed by atoms with Crippen LogP contribution >= 0.6 is 11.6 Å². The van der Waals surface area contributed by atoms with Crippen LogP contribution in [-0.2, 0) is 4.79 Å². The molecular weight excluding hydrogens is 318 g/mol. The van der Waals surface area contributed by atoms with Crippen molar-refractivity contribution in [3.63, 3.8) is 0 Å². The number of aldehydes is 1. The van der Waals surface area contributed by atoms with E-state index in [0.29, 0.717) is 29.0 Å². The third-order valence-electron chi connectivity index (χ3n) is 3.10. The molecule has 6 heteroatoms. The number of nitrogens with one attached hydrogen (secondary N) is 1. The summed E-state index contributed by atoms with van der Waals surface area (Å²) in [6.07, 6.45) is 0.624.